The van der Waals surface area contributed by atoms with Crippen LogP contribution in [0.5, 0.6) is 0 Å². The molecule has 0 saturated carbocycles. The number of ether oxygens (including phenoxy) is 1. The van der Waals surface area contributed by atoms with Crippen molar-refractivity contribution in [2.45, 2.75) is 38.5 Å². The Labute approximate surface area is 156 Å². The van der Waals surface area contributed by atoms with Crippen LogP contribution in [0.25, 0.3) is 0 Å². The second-order valence-electron chi connectivity index (χ2n) is 7.60. The first kappa shape index (κ1) is 19.3. The Morgan fingerprint density at radius 2 is 1.81 bits per heavy atom. The van der Waals surface area contributed by atoms with E-state index < -0.39 is 0 Å². The van der Waals surface area contributed by atoms with Gasteiger partial charge in [0.25, 0.3) is 0 Å². The number of morpholine rings is 1. The van der Waals surface area contributed by atoms with Gasteiger partial charge in [0.1, 0.15) is 5.82 Å². The highest BCUT2D eigenvalue weighted by Crippen LogP contribution is 2.26. The summed E-state index contributed by atoms with van der Waals surface area (Å²) in [7, 11) is 0. The van der Waals surface area contributed by atoms with Gasteiger partial charge in [0.15, 0.2) is 0 Å². The predicted octanol–water partition coefficient (Wildman–Crippen LogP) is 3.28. The van der Waals surface area contributed by atoms with E-state index in [2.05, 4.69) is 11.8 Å². The van der Waals surface area contributed by atoms with Gasteiger partial charge in [0, 0.05) is 39.1 Å². The van der Waals surface area contributed by atoms with Crippen molar-refractivity contribution in [3.05, 3.63) is 35.6 Å². The van der Waals surface area contributed by atoms with Crippen LogP contribution < -0.4 is 0 Å². The third kappa shape index (κ3) is 5.27. The Hall–Kier alpha value is -1.46. The van der Waals surface area contributed by atoms with Crippen molar-refractivity contribution in [1.82, 2.24) is 9.80 Å². The number of carbonyl (C=O) groups excluding carboxylic acids is 1. The third-order valence-corrected chi connectivity index (χ3v) is 5.84. The fourth-order valence-corrected chi connectivity index (χ4v) is 4.09. The van der Waals surface area contributed by atoms with Crippen molar-refractivity contribution in [3.63, 3.8) is 0 Å². The van der Waals surface area contributed by atoms with E-state index in [4.69, 9.17) is 4.74 Å². The van der Waals surface area contributed by atoms with Crippen molar-refractivity contribution >= 4 is 5.91 Å². The van der Waals surface area contributed by atoms with Crippen LogP contribution in [0.1, 0.15) is 44.1 Å². The van der Waals surface area contributed by atoms with Crippen molar-refractivity contribution in [3.8, 4) is 0 Å². The lowest BCUT2D eigenvalue weighted by Gasteiger charge is -2.36. The van der Waals surface area contributed by atoms with E-state index in [9.17, 15) is 9.18 Å². The van der Waals surface area contributed by atoms with Crippen molar-refractivity contribution in [2.75, 3.05) is 45.9 Å². The predicted molar refractivity (Wildman–Crippen MR) is 101 cm³/mol. The summed E-state index contributed by atoms with van der Waals surface area (Å²) < 4.78 is 18.5. The van der Waals surface area contributed by atoms with Gasteiger partial charge in [0.05, 0.1) is 13.2 Å². The van der Waals surface area contributed by atoms with E-state index in [0.29, 0.717) is 12.3 Å². The number of rotatable bonds is 6. The summed E-state index contributed by atoms with van der Waals surface area (Å²) in [6.45, 7) is 8.73. The molecule has 1 unspecified atom stereocenters. The number of likely N-dealkylation sites (tertiary alicyclic amines) is 1. The number of benzene rings is 1. The zero-order chi connectivity index (χ0) is 18.4. The molecular formula is C21H31FN2O2. The molecule has 1 aromatic rings. The SMILES string of the molecule is CCC(CC(=O)N1CCC(CN2CCOCC2)CC1)c1ccc(F)cc1. The van der Waals surface area contributed by atoms with Gasteiger partial charge in [-0.15, -0.1) is 0 Å². The monoisotopic (exact) mass is 362 g/mol. The Bertz CT molecular complexity index is 564. The molecular weight excluding hydrogens is 331 g/mol. The number of nitrogens with zero attached hydrogens (tertiary/aromatic N) is 2. The molecule has 144 valence electrons. The van der Waals surface area contributed by atoms with Gasteiger partial charge in [-0.25, -0.2) is 4.39 Å². The molecule has 2 aliphatic heterocycles. The smallest absolute Gasteiger partial charge is 0.223 e. The fraction of sp³-hybridized carbons (Fsp3) is 0.667. The number of halogens is 1. The molecule has 3 rings (SSSR count). The number of hydrogen-bond acceptors (Lipinski definition) is 3. The summed E-state index contributed by atoms with van der Waals surface area (Å²) in [6.07, 6.45) is 3.61. The maximum absolute atomic E-state index is 13.1. The molecule has 2 heterocycles. The molecule has 0 radical (unpaired) electrons. The minimum Gasteiger partial charge on any atom is -0.379 e. The molecule has 1 atom stereocenters. The maximum atomic E-state index is 13.1. The number of amides is 1. The van der Waals surface area contributed by atoms with Crippen molar-refractivity contribution < 1.29 is 13.9 Å². The van der Waals surface area contributed by atoms with Gasteiger partial charge in [-0.2, -0.15) is 0 Å². The van der Waals surface area contributed by atoms with E-state index in [0.717, 1.165) is 70.8 Å². The molecule has 26 heavy (non-hydrogen) atoms. The highest BCUT2D eigenvalue weighted by atomic mass is 19.1. The molecule has 0 aromatic heterocycles. The first-order chi connectivity index (χ1) is 12.7. The molecule has 5 heteroatoms. The molecule has 0 aliphatic carbocycles. The van der Waals surface area contributed by atoms with Gasteiger partial charge in [0.2, 0.25) is 5.91 Å². The Kier molecular flexibility index (Phi) is 7.03. The van der Waals surface area contributed by atoms with Gasteiger partial charge < -0.3 is 9.64 Å². The van der Waals surface area contributed by atoms with Crippen LogP contribution in [0, 0.1) is 11.7 Å². The minimum atomic E-state index is -0.225. The molecule has 1 amide bonds. The number of piperidine rings is 1. The lowest BCUT2D eigenvalue weighted by molar-refractivity contribution is -0.133. The average Bonchev–Trinajstić information content (AvgIpc) is 2.68. The van der Waals surface area contributed by atoms with Crippen molar-refractivity contribution in [1.29, 1.82) is 0 Å². The molecule has 4 nitrogen and oxygen atoms in total. The van der Waals surface area contributed by atoms with E-state index in [1.54, 1.807) is 0 Å². The number of carbonyl (C=O) groups is 1. The largest absolute Gasteiger partial charge is 0.379 e. The Morgan fingerprint density at radius 1 is 1.15 bits per heavy atom. The quantitative estimate of drug-likeness (QED) is 0.779. The molecule has 2 fully saturated rings. The van der Waals surface area contributed by atoms with Crippen LogP contribution in [0.15, 0.2) is 24.3 Å². The summed E-state index contributed by atoms with van der Waals surface area (Å²) in [5.41, 5.74) is 1.06. The second-order valence-corrected chi connectivity index (χ2v) is 7.60. The Balaban J connectivity index is 1.45. The maximum Gasteiger partial charge on any atom is 0.223 e. The summed E-state index contributed by atoms with van der Waals surface area (Å²) in [6, 6.07) is 6.59. The lowest BCUT2D eigenvalue weighted by Crippen LogP contribution is -2.44. The zero-order valence-corrected chi connectivity index (χ0v) is 15.8. The first-order valence-corrected chi connectivity index (χ1v) is 9.99. The molecule has 2 saturated heterocycles. The highest BCUT2D eigenvalue weighted by molar-refractivity contribution is 5.77. The van der Waals surface area contributed by atoms with Crippen LogP contribution in [-0.4, -0.2) is 61.6 Å². The van der Waals surface area contributed by atoms with Gasteiger partial charge >= 0.3 is 0 Å². The second kappa shape index (κ2) is 9.47. The third-order valence-electron chi connectivity index (χ3n) is 5.84. The molecule has 0 spiro atoms. The van der Waals surface area contributed by atoms with Gasteiger partial charge in [-0.3, -0.25) is 9.69 Å². The van der Waals surface area contributed by atoms with Crippen molar-refractivity contribution in [2.24, 2.45) is 5.92 Å². The summed E-state index contributed by atoms with van der Waals surface area (Å²) in [4.78, 5) is 17.3. The minimum absolute atomic E-state index is 0.175. The van der Waals surface area contributed by atoms with Crippen LogP contribution in [0.4, 0.5) is 4.39 Å². The van der Waals surface area contributed by atoms with Crippen LogP contribution >= 0.6 is 0 Å². The van der Waals surface area contributed by atoms with E-state index in [-0.39, 0.29) is 17.6 Å². The zero-order valence-electron chi connectivity index (χ0n) is 15.8. The first-order valence-electron chi connectivity index (χ1n) is 9.99. The fourth-order valence-electron chi connectivity index (χ4n) is 4.09. The van der Waals surface area contributed by atoms with E-state index >= 15 is 0 Å². The van der Waals surface area contributed by atoms with E-state index in [1.807, 2.05) is 17.0 Å². The summed E-state index contributed by atoms with van der Waals surface area (Å²) in [5, 5.41) is 0. The summed E-state index contributed by atoms with van der Waals surface area (Å²) >= 11 is 0. The van der Waals surface area contributed by atoms with Crippen LogP contribution in [-0.2, 0) is 9.53 Å². The molecule has 1 aromatic carbocycles. The van der Waals surface area contributed by atoms with Gasteiger partial charge in [-0.1, -0.05) is 19.1 Å². The standard InChI is InChI=1S/C21H31FN2O2/c1-2-18(19-3-5-20(22)6-4-19)15-21(25)24-9-7-17(8-10-24)16-23-11-13-26-14-12-23/h3-6,17-18H,2,7-16H2,1H3. The van der Waals surface area contributed by atoms with E-state index in [1.165, 1.54) is 12.1 Å². The van der Waals surface area contributed by atoms with Gasteiger partial charge in [-0.05, 0) is 48.8 Å². The highest BCUT2D eigenvalue weighted by Gasteiger charge is 2.26. The van der Waals surface area contributed by atoms with Crippen LogP contribution in [0.2, 0.25) is 0 Å². The average molecular weight is 362 g/mol. The normalized spacial score (nSPS) is 20.9. The number of hydrogen-bond donors (Lipinski definition) is 0. The topological polar surface area (TPSA) is 32.8 Å². The molecule has 0 N–H and O–H groups in total. The Morgan fingerprint density at radius 3 is 2.42 bits per heavy atom. The summed E-state index contributed by atoms with van der Waals surface area (Å²) in [5.74, 6) is 0.883. The lowest BCUT2D eigenvalue weighted by atomic mass is 9.91. The van der Waals surface area contributed by atoms with Crippen LogP contribution in [0.3, 0.4) is 0 Å². The molecule has 0 bridgehead atoms. The molecule has 2 aliphatic rings.